The van der Waals surface area contributed by atoms with Gasteiger partial charge in [-0.25, -0.2) is 4.98 Å². The smallest absolute Gasteiger partial charge is 0.273 e. The largest absolute Gasteiger partial charge is 0.330 e. The van der Waals surface area contributed by atoms with Gasteiger partial charge in [-0.15, -0.1) is 0 Å². The first-order chi connectivity index (χ1) is 15.0. The van der Waals surface area contributed by atoms with Crippen LogP contribution in [0.15, 0.2) is 42.6 Å². The Morgan fingerprint density at radius 2 is 2.10 bits per heavy atom. The summed E-state index contributed by atoms with van der Waals surface area (Å²) in [7, 11) is 2.02. The maximum Gasteiger partial charge on any atom is 0.273 e. The van der Waals surface area contributed by atoms with Crippen molar-refractivity contribution in [2.24, 2.45) is 5.92 Å². The van der Waals surface area contributed by atoms with Crippen molar-refractivity contribution >= 4 is 29.1 Å². The molecule has 0 saturated heterocycles. The molecule has 1 fully saturated rings. The number of amides is 2. The van der Waals surface area contributed by atoms with E-state index in [2.05, 4.69) is 22.1 Å². The average Bonchev–Trinajstić information content (AvgIpc) is 3.52. The van der Waals surface area contributed by atoms with Gasteiger partial charge in [0.1, 0.15) is 11.5 Å². The number of aromatic nitrogens is 2. The molecular formula is C23H28ClN5O2. The highest BCUT2D eigenvalue weighted by atomic mass is 35.5. The molecule has 2 aliphatic rings. The molecule has 1 aliphatic carbocycles. The number of carbonyl (C=O) groups excluding carboxylic acids is 2. The Balaban J connectivity index is 1.53. The molecule has 0 spiro atoms. The van der Waals surface area contributed by atoms with Gasteiger partial charge in [-0.3, -0.25) is 9.59 Å². The van der Waals surface area contributed by atoms with Gasteiger partial charge in [0.15, 0.2) is 0 Å². The predicted molar refractivity (Wildman–Crippen MR) is 121 cm³/mol. The van der Waals surface area contributed by atoms with Crippen LogP contribution in [-0.2, 0) is 11.3 Å². The van der Waals surface area contributed by atoms with Crippen LogP contribution >= 0.6 is 11.6 Å². The lowest BCUT2D eigenvalue weighted by molar-refractivity contribution is -0.128. The zero-order valence-corrected chi connectivity index (χ0v) is 18.7. The number of anilines is 1. The SMILES string of the molecule is CCN(C)C/C=C/C(=O)N1Cc2ncc(C(=O)Nc3ccccc3Cl)n2[C@@H](C2CC2)C1. The van der Waals surface area contributed by atoms with Crippen LogP contribution in [0.2, 0.25) is 5.02 Å². The van der Waals surface area contributed by atoms with Crippen molar-refractivity contribution < 1.29 is 9.59 Å². The highest BCUT2D eigenvalue weighted by Crippen LogP contribution is 2.43. The third-order valence-corrected chi connectivity index (χ3v) is 6.32. The Kier molecular flexibility index (Phi) is 6.43. The Morgan fingerprint density at radius 3 is 2.81 bits per heavy atom. The van der Waals surface area contributed by atoms with E-state index < -0.39 is 0 Å². The van der Waals surface area contributed by atoms with E-state index in [0.717, 1.165) is 31.8 Å². The molecule has 8 heteroatoms. The minimum atomic E-state index is -0.236. The average molecular weight is 442 g/mol. The summed E-state index contributed by atoms with van der Waals surface area (Å²) in [6.45, 7) is 4.74. The maximum atomic E-state index is 13.0. The minimum absolute atomic E-state index is 0.00790. The Labute approximate surface area is 187 Å². The first kappa shape index (κ1) is 21.6. The van der Waals surface area contributed by atoms with Gasteiger partial charge in [-0.1, -0.05) is 36.7 Å². The van der Waals surface area contributed by atoms with Gasteiger partial charge in [-0.05, 0) is 44.5 Å². The van der Waals surface area contributed by atoms with Gasteiger partial charge in [0.05, 0.1) is 29.5 Å². The van der Waals surface area contributed by atoms with E-state index in [1.54, 1.807) is 24.4 Å². The summed E-state index contributed by atoms with van der Waals surface area (Å²) >= 11 is 6.20. The van der Waals surface area contributed by atoms with Gasteiger partial charge in [0.25, 0.3) is 5.91 Å². The van der Waals surface area contributed by atoms with Crippen molar-refractivity contribution in [3.8, 4) is 0 Å². The van der Waals surface area contributed by atoms with E-state index in [4.69, 9.17) is 11.6 Å². The third-order valence-electron chi connectivity index (χ3n) is 5.99. The molecule has 7 nitrogen and oxygen atoms in total. The number of hydrogen-bond donors (Lipinski definition) is 1. The molecule has 164 valence electrons. The summed E-state index contributed by atoms with van der Waals surface area (Å²) in [5.41, 5.74) is 1.08. The molecule has 31 heavy (non-hydrogen) atoms. The van der Waals surface area contributed by atoms with Crippen molar-refractivity contribution in [2.75, 3.05) is 32.0 Å². The molecule has 2 aromatic rings. The zero-order chi connectivity index (χ0) is 22.0. The Morgan fingerprint density at radius 1 is 1.32 bits per heavy atom. The summed E-state index contributed by atoms with van der Waals surface area (Å²) in [5, 5.41) is 3.38. The Hall–Kier alpha value is -2.64. The summed E-state index contributed by atoms with van der Waals surface area (Å²) in [6.07, 6.45) is 7.37. The summed E-state index contributed by atoms with van der Waals surface area (Å²) < 4.78 is 2.03. The molecule has 1 atom stereocenters. The second-order valence-electron chi connectivity index (χ2n) is 8.24. The lowest BCUT2D eigenvalue weighted by Gasteiger charge is -2.34. The van der Waals surface area contributed by atoms with Crippen LogP contribution in [-0.4, -0.2) is 57.8 Å². The molecule has 2 amide bonds. The number of para-hydroxylation sites is 1. The van der Waals surface area contributed by atoms with Crippen molar-refractivity contribution in [3.05, 3.63) is 59.2 Å². The molecule has 1 aromatic heterocycles. The van der Waals surface area contributed by atoms with Crippen molar-refractivity contribution in [3.63, 3.8) is 0 Å². The normalized spacial score (nSPS) is 18.5. The number of carbonyl (C=O) groups is 2. The van der Waals surface area contributed by atoms with Crippen molar-refractivity contribution in [1.29, 1.82) is 0 Å². The van der Waals surface area contributed by atoms with E-state index in [0.29, 0.717) is 35.4 Å². The Bertz CT molecular complexity index is 998. The summed E-state index contributed by atoms with van der Waals surface area (Å²) in [5.74, 6) is 0.969. The van der Waals surface area contributed by atoms with Crippen LogP contribution < -0.4 is 5.32 Å². The number of benzene rings is 1. The van der Waals surface area contributed by atoms with E-state index >= 15 is 0 Å². The topological polar surface area (TPSA) is 70.5 Å². The highest BCUT2D eigenvalue weighted by Gasteiger charge is 2.40. The number of hydrogen-bond acceptors (Lipinski definition) is 4. The van der Waals surface area contributed by atoms with E-state index in [-0.39, 0.29) is 17.9 Å². The number of nitrogens with one attached hydrogen (secondary N) is 1. The fourth-order valence-corrected chi connectivity index (χ4v) is 4.11. The molecule has 0 radical (unpaired) electrons. The standard InChI is InChI=1S/C23H28ClN5O2/c1-3-27(2)12-6-9-22(30)28-14-20(16-10-11-16)29-19(13-25-21(29)15-28)23(31)26-18-8-5-4-7-17(18)24/h4-9,13,16,20H,3,10-12,14-15H2,1-2H3,(H,26,31)/b9-6+/t20-/m1/s1. The van der Waals surface area contributed by atoms with Gasteiger partial charge >= 0.3 is 0 Å². The fourth-order valence-electron chi connectivity index (χ4n) is 3.92. The maximum absolute atomic E-state index is 13.0. The van der Waals surface area contributed by atoms with E-state index in [9.17, 15) is 9.59 Å². The van der Waals surface area contributed by atoms with Gasteiger partial charge < -0.3 is 19.7 Å². The first-order valence-corrected chi connectivity index (χ1v) is 11.1. The number of nitrogens with zero attached hydrogens (tertiary/aromatic N) is 4. The van der Waals surface area contributed by atoms with Gasteiger partial charge in [0, 0.05) is 19.2 Å². The fraction of sp³-hybridized carbons (Fsp3) is 0.435. The quantitative estimate of drug-likeness (QED) is 0.666. The number of imidazole rings is 1. The molecule has 0 unspecified atom stereocenters. The summed E-state index contributed by atoms with van der Waals surface area (Å²) in [4.78, 5) is 34.3. The van der Waals surface area contributed by atoms with Crippen molar-refractivity contribution in [1.82, 2.24) is 19.4 Å². The highest BCUT2D eigenvalue weighted by molar-refractivity contribution is 6.33. The van der Waals surface area contributed by atoms with Crippen molar-refractivity contribution in [2.45, 2.75) is 32.4 Å². The number of rotatable bonds is 7. The molecule has 4 rings (SSSR count). The first-order valence-electron chi connectivity index (χ1n) is 10.7. The van der Waals surface area contributed by atoms with Crippen LogP contribution in [0.1, 0.15) is 42.1 Å². The molecule has 2 heterocycles. The van der Waals surface area contributed by atoms with E-state index in [1.165, 1.54) is 0 Å². The van der Waals surface area contributed by atoms with Crippen LogP contribution in [0.5, 0.6) is 0 Å². The molecule has 1 aromatic carbocycles. The molecule has 1 aliphatic heterocycles. The minimum Gasteiger partial charge on any atom is -0.330 e. The third kappa shape index (κ3) is 4.83. The molecule has 1 saturated carbocycles. The zero-order valence-electron chi connectivity index (χ0n) is 17.9. The predicted octanol–water partition coefficient (Wildman–Crippen LogP) is 3.59. The van der Waals surface area contributed by atoms with Crippen LogP contribution in [0, 0.1) is 5.92 Å². The number of likely N-dealkylation sites (N-methyl/N-ethyl adjacent to an activating group) is 1. The number of halogens is 1. The van der Waals surface area contributed by atoms with Crippen LogP contribution in [0.25, 0.3) is 0 Å². The molecule has 1 N–H and O–H groups in total. The second-order valence-corrected chi connectivity index (χ2v) is 8.65. The molecule has 0 bridgehead atoms. The molecular weight excluding hydrogens is 414 g/mol. The van der Waals surface area contributed by atoms with Gasteiger partial charge in [-0.2, -0.15) is 0 Å². The van der Waals surface area contributed by atoms with Crippen LogP contribution in [0.4, 0.5) is 5.69 Å². The lowest BCUT2D eigenvalue weighted by Crippen LogP contribution is -2.42. The summed E-state index contributed by atoms with van der Waals surface area (Å²) in [6, 6.07) is 7.23. The number of fused-ring (bicyclic) bond motifs is 1. The monoisotopic (exact) mass is 441 g/mol. The van der Waals surface area contributed by atoms with Gasteiger partial charge in [0.2, 0.25) is 5.91 Å². The second kappa shape index (κ2) is 9.24. The van der Waals surface area contributed by atoms with Crippen LogP contribution in [0.3, 0.4) is 0 Å². The van der Waals surface area contributed by atoms with E-state index in [1.807, 2.05) is 34.7 Å². The lowest BCUT2D eigenvalue weighted by atomic mass is 10.1.